The minimum atomic E-state index is -2.89. The van der Waals surface area contributed by atoms with Crippen molar-refractivity contribution in [2.24, 2.45) is 11.1 Å². The van der Waals surface area contributed by atoms with Crippen molar-refractivity contribution < 1.29 is 13.5 Å². The molecule has 1 atom stereocenters. The van der Waals surface area contributed by atoms with Gasteiger partial charge in [-0.2, -0.15) is 0 Å². The Morgan fingerprint density at radius 2 is 2.03 bits per heavy atom. The van der Waals surface area contributed by atoms with Crippen LogP contribution in [0.4, 0.5) is 26.1 Å². The second-order valence-corrected chi connectivity index (χ2v) is 9.58. The number of piperidine rings is 1. The summed E-state index contributed by atoms with van der Waals surface area (Å²) >= 11 is 1.13. The fraction of sp³-hybridized carbons (Fsp3) is 0.524. The van der Waals surface area contributed by atoms with Crippen molar-refractivity contribution in [1.29, 1.82) is 0 Å². The largest absolute Gasteiger partial charge is 0.384 e. The molecule has 5 rings (SSSR count). The molecule has 1 aromatic heterocycles. The first-order chi connectivity index (χ1) is 14.9. The lowest BCUT2D eigenvalue weighted by molar-refractivity contribution is -0.0149. The van der Waals surface area contributed by atoms with Gasteiger partial charge in [0.2, 0.25) is 0 Å². The van der Waals surface area contributed by atoms with Crippen LogP contribution < -0.4 is 21.7 Å². The number of nitrogens with one attached hydrogen (secondary N) is 1. The van der Waals surface area contributed by atoms with E-state index in [1.807, 2.05) is 0 Å². The van der Waals surface area contributed by atoms with Crippen molar-refractivity contribution in [3.05, 3.63) is 30.0 Å². The highest BCUT2D eigenvalue weighted by Crippen LogP contribution is 2.47. The van der Waals surface area contributed by atoms with E-state index < -0.39 is 5.92 Å². The number of benzene rings is 1. The number of nitrogen functional groups attached to an aromatic ring is 1. The molecule has 2 fully saturated rings. The van der Waals surface area contributed by atoms with E-state index >= 15 is 0 Å². The second kappa shape index (κ2) is 7.75. The van der Waals surface area contributed by atoms with Crippen molar-refractivity contribution in [2.75, 3.05) is 48.8 Å². The van der Waals surface area contributed by atoms with E-state index in [2.05, 4.69) is 20.2 Å². The van der Waals surface area contributed by atoms with Crippen molar-refractivity contribution in [3.63, 3.8) is 0 Å². The van der Waals surface area contributed by atoms with E-state index in [4.69, 9.17) is 16.2 Å². The molecular formula is C21H26F2N6OS. The summed E-state index contributed by atoms with van der Waals surface area (Å²) in [6.45, 7) is 3.20. The lowest BCUT2D eigenvalue weighted by Crippen LogP contribution is -2.49. The van der Waals surface area contributed by atoms with Crippen LogP contribution in [-0.4, -0.2) is 48.9 Å². The molecule has 7 nitrogen and oxygen atoms in total. The van der Waals surface area contributed by atoms with Crippen LogP contribution in [0, 0.1) is 5.41 Å². The van der Waals surface area contributed by atoms with Crippen LogP contribution in [0.3, 0.4) is 0 Å². The van der Waals surface area contributed by atoms with Crippen LogP contribution in [0.1, 0.15) is 24.8 Å². The number of rotatable bonds is 3. The highest BCUT2D eigenvalue weighted by Gasteiger charge is 2.44. The number of halogens is 2. The zero-order valence-electron chi connectivity index (χ0n) is 17.1. The molecule has 10 heteroatoms. The van der Waals surface area contributed by atoms with E-state index in [9.17, 15) is 8.78 Å². The van der Waals surface area contributed by atoms with E-state index in [0.29, 0.717) is 34.6 Å². The van der Waals surface area contributed by atoms with Gasteiger partial charge in [0.05, 0.1) is 25.0 Å². The lowest BCUT2D eigenvalue weighted by atomic mass is 9.75. The number of nitrogens with zero attached hydrogens (tertiary/aromatic N) is 3. The van der Waals surface area contributed by atoms with Crippen LogP contribution in [0.15, 0.2) is 34.3 Å². The average Bonchev–Trinajstić information content (AvgIpc) is 3.09. The van der Waals surface area contributed by atoms with E-state index in [1.165, 1.54) is 0 Å². The number of alkyl halides is 2. The number of ether oxygens (including phenoxy) is 1. The van der Waals surface area contributed by atoms with Gasteiger partial charge < -0.3 is 26.4 Å². The molecule has 0 unspecified atom stereocenters. The number of hydrogen-bond donors (Lipinski definition) is 3. The molecule has 4 heterocycles. The highest BCUT2D eigenvalue weighted by molar-refractivity contribution is 7.99. The zero-order chi connectivity index (χ0) is 21.6. The van der Waals surface area contributed by atoms with Gasteiger partial charge in [-0.15, -0.1) is 0 Å². The predicted molar refractivity (Wildman–Crippen MR) is 117 cm³/mol. The summed E-state index contributed by atoms with van der Waals surface area (Å²) in [5.41, 5.74) is 13.0. The first-order valence-electron chi connectivity index (χ1n) is 10.5. The normalized spacial score (nSPS) is 24.1. The SMILES string of the molecule is Nc1nc(N2CCC3(CC2)COC[C@H]3N)cnc1Sc1cccc2c1C(F)(F)CCN2. The third-order valence-corrected chi connectivity index (χ3v) is 7.73. The van der Waals surface area contributed by atoms with Gasteiger partial charge >= 0.3 is 0 Å². The van der Waals surface area contributed by atoms with E-state index in [1.54, 1.807) is 24.4 Å². The van der Waals surface area contributed by atoms with Gasteiger partial charge in [-0.05, 0) is 25.0 Å². The minimum Gasteiger partial charge on any atom is -0.384 e. The molecular weight excluding hydrogens is 422 g/mol. The van der Waals surface area contributed by atoms with E-state index in [0.717, 1.165) is 37.7 Å². The standard InChI is InChI=1S/C21H26F2N6OS/c22-21(23)4-7-26-13-2-1-3-14(17(13)21)31-19-18(25)28-16(10-27-19)29-8-5-20(6-9-29)12-30-11-15(20)24/h1-3,10,15,26H,4-9,11-12,24H2,(H2,25,28)/t15-/m1/s1. The predicted octanol–water partition coefficient (Wildman–Crippen LogP) is 3.06. The molecule has 1 aromatic carbocycles. The number of fused-ring (bicyclic) bond motifs is 1. The first-order valence-corrected chi connectivity index (χ1v) is 11.3. The quantitative estimate of drug-likeness (QED) is 0.659. The molecule has 0 aliphatic carbocycles. The van der Waals surface area contributed by atoms with E-state index in [-0.39, 0.29) is 35.8 Å². The summed E-state index contributed by atoms with van der Waals surface area (Å²) in [6, 6.07) is 5.19. The van der Waals surface area contributed by atoms with Crippen LogP contribution in [-0.2, 0) is 10.7 Å². The van der Waals surface area contributed by atoms with Gasteiger partial charge in [-0.25, -0.2) is 18.7 Å². The highest BCUT2D eigenvalue weighted by atomic mass is 32.2. The Kier molecular flexibility index (Phi) is 5.18. The number of anilines is 3. The van der Waals surface area contributed by atoms with Gasteiger partial charge in [-0.1, -0.05) is 17.8 Å². The number of aromatic nitrogens is 2. The van der Waals surface area contributed by atoms with Crippen molar-refractivity contribution in [1.82, 2.24) is 9.97 Å². The van der Waals surface area contributed by atoms with Crippen molar-refractivity contribution in [2.45, 2.75) is 41.1 Å². The Balaban J connectivity index is 1.34. The maximum atomic E-state index is 14.6. The molecule has 1 spiro atoms. The van der Waals surface area contributed by atoms with Gasteiger partial charge in [0, 0.05) is 48.1 Å². The Bertz CT molecular complexity index is 982. The Morgan fingerprint density at radius 1 is 1.23 bits per heavy atom. The molecule has 3 aliphatic heterocycles. The molecule has 0 saturated carbocycles. The van der Waals surface area contributed by atoms with Crippen molar-refractivity contribution in [3.8, 4) is 0 Å². The summed E-state index contributed by atoms with van der Waals surface area (Å²) in [4.78, 5) is 11.6. The minimum absolute atomic E-state index is 0.00739. The van der Waals surface area contributed by atoms with Gasteiger partial charge in [0.1, 0.15) is 10.8 Å². The number of hydrogen-bond acceptors (Lipinski definition) is 8. The first kappa shape index (κ1) is 20.7. The smallest absolute Gasteiger partial charge is 0.278 e. The molecule has 0 amide bonds. The average molecular weight is 449 g/mol. The zero-order valence-corrected chi connectivity index (χ0v) is 17.9. The Morgan fingerprint density at radius 3 is 2.74 bits per heavy atom. The summed E-state index contributed by atoms with van der Waals surface area (Å²) in [6.07, 6.45) is 3.31. The van der Waals surface area contributed by atoms with Crippen LogP contribution in [0.25, 0.3) is 0 Å². The topological polar surface area (TPSA) is 102 Å². The summed E-state index contributed by atoms with van der Waals surface area (Å²) in [7, 11) is 0. The maximum absolute atomic E-state index is 14.6. The molecule has 5 N–H and O–H groups in total. The van der Waals surface area contributed by atoms with Gasteiger partial charge in [0.15, 0.2) is 5.82 Å². The third kappa shape index (κ3) is 3.70. The van der Waals surface area contributed by atoms with Crippen molar-refractivity contribution >= 4 is 29.1 Å². The summed E-state index contributed by atoms with van der Waals surface area (Å²) < 4.78 is 34.7. The monoisotopic (exact) mass is 448 g/mol. The fourth-order valence-corrected chi connectivity index (χ4v) is 5.68. The molecule has 0 bridgehead atoms. The summed E-state index contributed by atoms with van der Waals surface area (Å²) in [5, 5.41) is 3.48. The van der Waals surface area contributed by atoms with Gasteiger partial charge in [-0.3, -0.25) is 0 Å². The molecule has 2 aromatic rings. The molecule has 0 radical (unpaired) electrons. The molecule has 31 heavy (non-hydrogen) atoms. The van der Waals surface area contributed by atoms with Crippen LogP contribution in [0.2, 0.25) is 0 Å². The maximum Gasteiger partial charge on any atom is 0.278 e. The van der Waals surface area contributed by atoms with Crippen LogP contribution in [0.5, 0.6) is 0 Å². The number of nitrogens with two attached hydrogens (primary N) is 2. The lowest BCUT2D eigenvalue weighted by Gasteiger charge is -2.41. The molecule has 166 valence electrons. The Labute approximate surface area is 183 Å². The third-order valence-electron chi connectivity index (χ3n) is 6.66. The fourth-order valence-electron chi connectivity index (χ4n) is 4.71. The molecule has 2 saturated heterocycles. The Hall–Kier alpha value is -2.17. The van der Waals surface area contributed by atoms with Gasteiger partial charge in [0.25, 0.3) is 5.92 Å². The molecule has 3 aliphatic rings. The van der Waals surface area contributed by atoms with Crippen LogP contribution >= 0.6 is 11.8 Å². The second-order valence-electron chi connectivity index (χ2n) is 8.55. The summed E-state index contributed by atoms with van der Waals surface area (Å²) in [5.74, 6) is -1.94.